The van der Waals surface area contributed by atoms with Gasteiger partial charge in [-0.1, -0.05) is 0 Å². The highest BCUT2D eigenvalue weighted by atomic mass is 16.6. The van der Waals surface area contributed by atoms with Gasteiger partial charge in [0, 0.05) is 19.6 Å². The molecule has 2 amide bonds. The van der Waals surface area contributed by atoms with Gasteiger partial charge in [0.05, 0.1) is 0 Å². The molecule has 0 aromatic carbocycles. The van der Waals surface area contributed by atoms with Gasteiger partial charge in [-0.15, -0.1) is 0 Å². The maximum Gasteiger partial charge on any atom is 0.424 e. The summed E-state index contributed by atoms with van der Waals surface area (Å²) in [4.78, 5) is 23.8. The maximum atomic E-state index is 11.7. The van der Waals surface area contributed by atoms with Crippen LogP contribution in [0.5, 0.6) is 0 Å². The molecule has 1 aliphatic rings. The molecule has 0 aromatic rings. The highest BCUT2D eigenvalue weighted by molar-refractivity contribution is 5.67. The number of carbonyl (C=O) groups excluding carboxylic acids is 1. The summed E-state index contributed by atoms with van der Waals surface area (Å²) in [7, 11) is 0. The Kier molecular flexibility index (Phi) is 4.99. The molecule has 3 N–H and O–H groups in total. The van der Waals surface area contributed by atoms with E-state index in [9.17, 15) is 9.59 Å². The highest BCUT2D eigenvalue weighted by Gasteiger charge is 2.26. The van der Waals surface area contributed by atoms with Crippen LogP contribution in [0.1, 0.15) is 33.6 Å². The Balaban J connectivity index is 2.36. The molecule has 1 fully saturated rings. The van der Waals surface area contributed by atoms with Crippen molar-refractivity contribution in [3.8, 4) is 0 Å². The van der Waals surface area contributed by atoms with E-state index in [0.717, 1.165) is 5.01 Å². The molecular weight excluding hydrogens is 250 g/mol. The van der Waals surface area contributed by atoms with Crippen LogP contribution in [-0.4, -0.2) is 52.4 Å². The van der Waals surface area contributed by atoms with Crippen molar-refractivity contribution in [2.45, 2.75) is 39.2 Å². The summed E-state index contributed by atoms with van der Waals surface area (Å²) in [5.74, 6) is 5.89. The minimum Gasteiger partial charge on any atom is -0.465 e. The Morgan fingerprint density at radius 1 is 1.37 bits per heavy atom. The van der Waals surface area contributed by atoms with Gasteiger partial charge in [0.25, 0.3) is 0 Å². The zero-order valence-corrected chi connectivity index (χ0v) is 11.8. The van der Waals surface area contributed by atoms with E-state index in [4.69, 9.17) is 15.7 Å². The first-order valence-corrected chi connectivity index (χ1v) is 6.42. The number of nitrogens with two attached hydrogens (primary N) is 1. The Labute approximate surface area is 113 Å². The number of carboxylic acid groups (broad SMARTS) is 1. The quantitative estimate of drug-likeness (QED) is 0.451. The Bertz CT molecular complexity index is 332. The number of nitrogens with zero attached hydrogens (tertiary/aromatic N) is 2. The lowest BCUT2D eigenvalue weighted by Gasteiger charge is -2.32. The minimum atomic E-state index is -0.893. The molecule has 110 valence electrons. The third kappa shape index (κ3) is 5.34. The van der Waals surface area contributed by atoms with Crippen LogP contribution in [0.25, 0.3) is 0 Å². The van der Waals surface area contributed by atoms with Gasteiger partial charge in [-0.05, 0) is 39.5 Å². The van der Waals surface area contributed by atoms with Crippen molar-refractivity contribution in [2.24, 2.45) is 11.8 Å². The molecule has 0 aliphatic carbocycles. The second-order valence-corrected chi connectivity index (χ2v) is 5.85. The van der Waals surface area contributed by atoms with Crippen molar-refractivity contribution in [3.05, 3.63) is 0 Å². The maximum absolute atomic E-state index is 11.7. The first-order chi connectivity index (χ1) is 8.69. The van der Waals surface area contributed by atoms with Gasteiger partial charge in [0.1, 0.15) is 5.60 Å². The van der Waals surface area contributed by atoms with Crippen LogP contribution in [0.15, 0.2) is 0 Å². The average Bonchev–Trinajstić information content (AvgIpc) is 2.27. The lowest BCUT2D eigenvalue weighted by Crippen LogP contribution is -2.46. The number of hydrogen-bond donors (Lipinski definition) is 2. The fraction of sp³-hybridized carbons (Fsp3) is 0.833. The van der Waals surface area contributed by atoms with Crippen molar-refractivity contribution in [1.29, 1.82) is 0 Å². The predicted octanol–water partition coefficient (Wildman–Crippen LogP) is 1.49. The number of amides is 2. The van der Waals surface area contributed by atoms with Gasteiger partial charge >= 0.3 is 12.2 Å². The molecule has 7 nitrogen and oxygen atoms in total. The molecule has 1 rings (SSSR count). The standard InChI is InChI=1S/C12H23N3O4/c1-12(2,3)19-11(18)15(13)8-9-4-6-14(7-5-9)10(16)17/h9H,4-8,13H2,1-3H3,(H,16,17). The molecule has 0 spiro atoms. The molecular formula is C12H23N3O4. The van der Waals surface area contributed by atoms with Crippen LogP contribution in [0.4, 0.5) is 9.59 Å². The van der Waals surface area contributed by atoms with E-state index in [1.54, 1.807) is 20.8 Å². The van der Waals surface area contributed by atoms with E-state index in [1.807, 2.05) is 0 Å². The summed E-state index contributed by atoms with van der Waals surface area (Å²) in [6.07, 6.45) is -0.0191. The Hall–Kier alpha value is -1.50. The van der Waals surface area contributed by atoms with Crippen LogP contribution in [0.2, 0.25) is 0 Å². The molecule has 0 atom stereocenters. The second-order valence-electron chi connectivity index (χ2n) is 5.85. The lowest BCUT2D eigenvalue weighted by atomic mass is 9.97. The molecule has 0 radical (unpaired) electrons. The third-order valence-corrected chi connectivity index (χ3v) is 2.97. The zero-order chi connectivity index (χ0) is 14.6. The first-order valence-electron chi connectivity index (χ1n) is 6.42. The summed E-state index contributed by atoms with van der Waals surface area (Å²) < 4.78 is 5.16. The molecule has 1 saturated heterocycles. The summed E-state index contributed by atoms with van der Waals surface area (Å²) >= 11 is 0. The zero-order valence-electron chi connectivity index (χ0n) is 11.8. The van der Waals surface area contributed by atoms with E-state index < -0.39 is 17.8 Å². The number of ether oxygens (including phenoxy) is 1. The number of carbonyl (C=O) groups is 2. The number of piperidine rings is 1. The molecule has 7 heteroatoms. The summed E-state index contributed by atoms with van der Waals surface area (Å²) in [6.45, 7) is 6.71. The monoisotopic (exact) mass is 273 g/mol. The smallest absolute Gasteiger partial charge is 0.424 e. The van der Waals surface area contributed by atoms with Gasteiger partial charge < -0.3 is 14.7 Å². The largest absolute Gasteiger partial charge is 0.465 e. The summed E-state index contributed by atoms with van der Waals surface area (Å²) in [5, 5.41) is 9.91. The molecule has 19 heavy (non-hydrogen) atoms. The van der Waals surface area contributed by atoms with Crippen molar-refractivity contribution in [1.82, 2.24) is 9.91 Å². The fourth-order valence-electron chi connectivity index (χ4n) is 1.98. The third-order valence-electron chi connectivity index (χ3n) is 2.97. The van der Waals surface area contributed by atoms with Crippen molar-refractivity contribution >= 4 is 12.2 Å². The predicted molar refractivity (Wildman–Crippen MR) is 69.4 cm³/mol. The van der Waals surface area contributed by atoms with E-state index in [2.05, 4.69) is 0 Å². The van der Waals surface area contributed by atoms with Gasteiger partial charge in [-0.25, -0.2) is 20.4 Å². The van der Waals surface area contributed by atoms with E-state index in [-0.39, 0.29) is 5.92 Å². The summed E-state index contributed by atoms with van der Waals surface area (Å²) in [6, 6.07) is 0. The van der Waals surface area contributed by atoms with Gasteiger partial charge in [0.2, 0.25) is 0 Å². The molecule has 1 heterocycles. The molecule has 0 saturated carbocycles. The number of hydrazine groups is 1. The first kappa shape index (κ1) is 15.6. The molecule has 0 unspecified atom stereocenters. The SMILES string of the molecule is CC(C)(C)OC(=O)N(N)CC1CCN(C(=O)O)CC1. The Morgan fingerprint density at radius 2 is 1.89 bits per heavy atom. The van der Waals surface area contributed by atoms with Gasteiger partial charge in [0.15, 0.2) is 0 Å². The fourth-order valence-corrected chi connectivity index (χ4v) is 1.98. The molecule has 0 aromatic heterocycles. The van der Waals surface area contributed by atoms with E-state index >= 15 is 0 Å². The van der Waals surface area contributed by atoms with E-state index in [1.165, 1.54) is 4.90 Å². The van der Waals surface area contributed by atoms with Crippen molar-refractivity contribution in [3.63, 3.8) is 0 Å². The van der Waals surface area contributed by atoms with E-state index in [0.29, 0.717) is 32.5 Å². The second kappa shape index (κ2) is 6.10. The van der Waals surface area contributed by atoms with Crippen LogP contribution in [0, 0.1) is 5.92 Å². The average molecular weight is 273 g/mol. The van der Waals surface area contributed by atoms with Crippen LogP contribution < -0.4 is 5.84 Å². The Morgan fingerprint density at radius 3 is 2.32 bits per heavy atom. The molecule has 1 aliphatic heterocycles. The lowest BCUT2D eigenvalue weighted by molar-refractivity contribution is 0.0192. The van der Waals surface area contributed by atoms with Crippen molar-refractivity contribution in [2.75, 3.05) is 19.6 Å². The van der Waals surface area contributed by atoms with Gasteiger partial charge in [-0.3, -0.25) is 0 Å². The van der Waals surface area contributed by atoms with Gasteiger partial charge in [-0.2, -0.15) is 0 Å². The van der Waals surface area contributed by atoms with Crippen LogP contribution in [-0.2, 0) is 4.74 Å². The number of hydrogen-bond acceptors (Lipinski definition) is 4. The minimum absolute atomic E-state index is 0.216. The topological polar surface area (TPSA) is 96.1 Å². The number of rotatable bonds is 2. The van der Waals surface area contributed by atoms with Crippen LogP contribution >= 0.6 is 0 Å². The normalized spacial score (nSPS) is 17.2. The highest BCUT2D eigenvalue weighted by Crippen LogP contribution is 2.18. The van der Waals surface area contributed by atoms with Crippen LogP contribution in [0.3, 0.4) is 0 Å². The number of likely N-dealkylation sites (tertiary alicyclic amines) is 1. The molecule has 0 bridgehead atoms. The summed E-state index contributed by atoms with van der Waals surface area (Å²) in [5.41, 5.74) is -0.568. The van der Waals surface area contributed by atoms with Crippen molar-refractivity contribution < 1.29 is 19.4 Å².